The Balaban J connectivity index is 2.45. The van der Waals surface area contributed by atoms with Gasteiger partial charge in [-0.3, -0.25) is 0 Å². The average molecular weight is 229 g/mol. The van der Waals surface area contributed by atoms with E-state index in [9.17, 15) is 8.78 Å². The largest absolute Gasteiger partial charge is 0.207 e. The highest BCUT2D eigenvalue weighted by Gasteiger charge is 2.16. The zero-order chi connectivity index (χ0) is 12.3. The zero-order valence-electron chi connectivity index (χ0n) is 8.90. The molecule has 1 unspecified atom stereocenters. The Morgan fingerprint density at radius 3 is 2.18 bits per heavy atom. The normalized spacial score (nSPS) is 11.8. The molecule has 0 aliphatic rings. The molecule has 17 heavy (non-hydrogen) atoms. The maximum atomic E-state index is 13.6. The van der Waals surface area contributed by atoms with Gasteiger partial charge in [0.25, 0.3) is 0 Å². The second-order valence-electron chi connectivity index (χ2n) is 3.64. The van der Waals surface area contributed by atoms with E-state index < -0.39 is 11.7 Å². The molecule has 0 bridgehead atoms. The van der Waals surface area contributed by atoms with E-state index in [1.165, 1.54) is 30.3 Å². The van der Waals surface area contributed by atoms with Gasteiger partial charge in [-0.1, -0.05) is 30.3 Å². The van der Waals surface area contributed by atoms with Crippen molar-refractivity contribution in [2.24, 2.45) is 0 Å². The molecule has 0 amide bonds. The highest BCUT2D eigenvalue weighted by atomic mass is 19.1. The van der Waals surface area contributed by atoms with E-state index >= 15 is 0 Å². The highest BCUT2D eigenvalue weighted by Crippen LogP contribution is 2.26. The summed E-state index contributed by atoms with van der Waals surface area (Å²) in [5, 5.41) is 9.12. The standard InChI is InChI=1S/C14H9F2N/c15-11-7-5-10(6-8-11)13(9-17)12-3-1-2-4-14(12)16/h1-8,13H. The molecule has 1 atom stereocenters. The first-order valence-electron chi connectivity index (χ1n) is 5.12. The lowest BCUT2D eigenvalue weighted by atomic mass is 9.92. The van der Waals surface area contributed by atoms with Gasteiger partial charge in [-0.15, -0.1) is 0 Å². The van der Waals surface area contributed by atoms with E-state index in [-0.39, 0.29) is 5.82 Å². The van der Waals surface area contributed by atoms with Crippen molar-refractivity contribution < 1.29 is 8.78 Å². The van der Waals surface area contributed by atoms with Gasteiger partial charge >= 0.3 is 0 Å². The number of hydrogen-bond acceptors (Lipinski definition) is 1. The molecule has 1 nitrogen and oxygen atoms in total. The first-order chi connectivity index (χ1) is 8.22. The molecule has 2 aromatic rings. The molecule has 0 aliphatic heterocycles. The summed E-state index contributed by atoms with van der Waals surface area (Å²) in [6.45, 7) is 0. The Hall–Kier alpha value is -2.21. The summed E-state index contributed by atoms with van der Waals surface area (Å²) in [4.78, 5) is 0. The molecule has 0 saturated heterocycles. The fourth-order valence-corrected chi connectivity index (χ4v) is 1.69. The van der Waals surface area contributed by atoms with E-state index in [0.717, 1.165) is 0 Å². The van der Waals surface area contributed by atoms with Crippen LogP contribution in [0.2, 0.25) is 0 Å². The van der Waals surface area contributed by atoms with E-state index in [1.807, 2.05) is 6.07 Å². The third-order valence-corrected chi connectivity index (χ3v) is 2.55. The van der Waals surface area contributed by atoms with Crippen molar-refractivity contribution in [2.45, 2.75) is 5.92 Å². The van der Waals surface area contributed by atoms with Crippen LogP contribution in [0.15, 0.2) is 48.5 Å². The minimum Gasteiger partial charge on any atom is -0.207 e. The maximum Gasteiger partial charge on any atom is 0.128 e. The molecule has 0 fully saturated rings. The maximum absolute atomic E-state index is 13.6. The van der Waals surface area contributed by atoms with Crippen molar-refractivity contribution >= 4 is 0 Å². The fraction of sp³-hybridized carbons (Fsp3) is 0.0714. The van der Waals surface area contributed by atoms with Gasteiger partial charge in [0.05, 0.1) is 12.0 Å². The number of halogens is 2. The van der Waals surface area contributed by atoms with Crippen molar-refractivity contribution in [3.63, 3.8) is 0 Å². The Kier molecular flexibility index (Phi) is 3.15. The fourth-order valence-electron chi connectivity index (χ4n) is 1.69. The predicted octanol–water partition coefficient (Wildman–Crippen LogP) is 3.62. The van der Waals surface area contributed by atoms with Crippen molar-refractivity contribution in [1.29, 1.82) is 5.26 Å². The molecular weight excluding hydrogens is 220 g/mol. The number of nitriles is 1. The lowest BCUT2D eigenvalue weighted by molar-refractivity contribution is 0.608. The Morgan fingerprint density at radius 2 is 1.59 bits per heavy atom. The Labute approximate surface area is 97.9 Å². The van der Waals surface area contributed by atoms with Crippen LogP contribution < -0.4 is 0 Å². The SMILES string of the molecule is N#CC(c1ccc(F)cc1)c1ccccc1F. The molecule has 0 radical (unpaired) electrons. The number of nitrogens with zero attached hydrogens (tertiary/aromatic N) is 1. The summed E-state index contributed by atoms with van der Waals surface area (Å²) in [7, 11) is 0. The van der Waals surface area contributed by atoms with E-state index in [1.54, 1.807) is 18.2 Å². The molecule has 0 aromatic heterocycles. The lowest BCUT2D eigenvalue weighted by Gasteiger charge is -2.10. The number of rotatable bonds is 2. The van der Waals surface area contributed by atoms with Crippen LogP contribution in [0.3, 0.4) is 0 Å². The minimum absolute atomic E-state index is 0.307. The van der Waals surface area contributed by atoms with Crippen LogP contribution in [0.1, 0.15) is 17.0 Å². The molecule has 3 heteroatoms. The van der Waals surface area contributed by atoms with E-state index in [2.05, 4.69) is 0 Å². The molecule has 0 saturated carbocycles. The van der Waals surface area contributed by atoms with Crippen LogP contribution >= 0.6 is 0 Å². The van der Waals surface area contributed by atoms with Gasteiger partial charge in [-0.25, -0.2) is 8.78 Å². The molecule has 0 aliphatic carbocycles. The first kappa shape index (κ1) is 11.3. The summed E-state index contributed by atoms with van der Waals surface area (Å²) >= 11 is 0. The van der Waals surface area contributed by atoms with Gasteiger partial charge in [0.15, 0.2) is 0 Å². The zero-order valence-corrected chi connectivity index (χ0v) is 8.90. The quantitative estimate of drug-likeness (QED) is 0.771. The summed E-state index contributed by atoms with van der Waals surface area (Å²) in [6, 6.07) is 13.7. The van der Waals surface area contributed by atoms with Crippen LogP contribution in [0, 0.1) is 23.0 Å². The summed E-state index contributed by atoms with van der Waals surface area (Å²) in [6.07, 6.45) is 0. The Bertz CT molecular complexity index is 555. The topological polar surface area (TPSA) is 23.8 Å². The average Bonchev–Trinajstić information content (AvgIpc) is 2.35. The molecule has 0 spiro atoms. The summed E-state index contributed by atoms with van der Waals surface area (Å²) in [5.74, 6) is -1.51. The third kappa shape index (κ3) is 2.31. The smallest absolute Gasteiger partial charge is 0.128 e. The van der Waals surface area contributed by atoms with Crippen molar-refractivity contribution in [3.8, 4) is 6.07 Å². The van der Waals surface area contributed by atoms with Crippen LogP contribution in [-0.2, 0) is 0 Å². The second-order valence-corrected chi connectivity index (χ2v) is 3.64. The van der Waals surface area contributed by atoms with E-state index in [4.69, 9.17) is 5.26 Å². The van der Waals surface area contributed by atoms with Crippen molar-refractivity contribution in [2.75, 3.05) is 0 Å². The molecular formula is C14H9F2N. The predicted molar refractivity (Wildman–Crippen MR) is 60.3 cm³/mol. The van der Waals surface area contributed by atoms with Crippen molar-refractivity contribution in [1.82, 2.24) is 0 Å². The second kappa shape index (κ2) is 4.75. The first-order valence-corrected chi connectivity index (χ1v) is 5.12. The van der Waals surface area contributed by atoms with Gasteiger partial charge in [0.2, 0.25) is 0 Å². The van der Waals surface area contributed by atoms with Crippen LogP contribution in [-0.4, -0.2) is 0 Å². The highest BCUT2D eigenvalue weighted by molar-refractivity contribution is 5.38. The minimum atomic E-state index is -0.711. The third-order valence-electron chi connectivity index (χ3n) is 2.55. The van der Waals surface area contributed by atoms with Crippen LogP contribution in [0.5, 0.6) is 0 Å². The molecule has 0 heterocycles. The van der Waals surface area contributed by atoms with Gasteiger partial charge in [0, 0.05) is 5.56 Å². The summed E-state index contributed by atoms with van der Waals surface area (Å²) in [5.41, 5.74) is 0.889. The monoisotopic (exact) mass is 229 g/mol. The van der Waals surface area contributed by atoms with Crippen LogP contribution in [0.4, 0.5) is 8.78 Å². The van der Waals surface area contributed by atoms with Gasteiger partial charge in [0.1, 0.15) is 11.6 Å². The van der Waals surface area contributed by atoms with Crippen LogP contribution in [0.25, 0.3) is 0 Å². The number of benzene rings is 2. The van der Waals surface area contributed by atoms with Gasteiger partial charge in [-0.2, -0.15) is 5.26 Å². The van der Waals surface area contributed by atoms with Gasteiger partial charge < -0.3 is 0 Å². The Morgan fingerprint density at radius 1 is 0.941 bits per heavy atom. The van der Waals surface area contributed by atoms with E-state index in [0.29, 0.717) is 11.1 Å². The number of hydrogen-bond donors (Lipinski definition) is 0. The molecule has 2 rings (SSSR count). The summed E-state index contributed by atoms with van der Waals surface area (Å²) < 4.78 is 26.3. The van der Waals surface area contributed by atoms with Crippen molar-refractivity contribution in [3.05, 3.63) is 71.3 Å². The lowest BCUT2D eigenvalue weighted by Crippen LogP contribution is -2.01. The van der Waals surface area contributed by atoms with Gasteiger partial charge in [-0.05, 0) is 23.8 Å². The molecule has 84 valence electrons. The molecule has 0 N–H and O–H groups in total. The molecule has 2 aromatic carbocycles.